The maximum atomic E-state index is 13.1. The third kappa shape index (κ3) is 7.63. The first kappa shape index (κ1) is 26.4. The van der Waals surface area contributed by atoms with E-state index in [0.29, 0.717) is 46.1 Å². The van der Waals surface area contributed by atoms with Crippen molar-refractivity contribution in [3.8, 4) is 5.75 Å². The summed E-state index contributed by atoms with van der Waals surface area (Å²) in [5, 5.41) is 5.75. The van der Waals surface area contributed by atoms with E-state index >= 15 is 0 Å². The number of ether oxygens (including phenoxy) is 1. The lowest BCUT2D eigenvalue weighted by Crippen LogP contribution is -2.35. The van der Waals surface area contributed by atoms with Gasteiger partial charge in [-0.05, 0) is 70.0 Å². The molecule has 0 aliphatic rings. The molecule has 2 amide bonds. The summed E-state index contributed by atoms with van der Waals surface area (Å²) in [7, 11) is 1.75. The molecule has 0 aliphatic heterocycles. The second-order valence-corrected chi connectivity index (χ2v) is 9.71. The molecule has 0 unspecified atom stereocenters. The fourth-order valence-electron chi connectivity index (χ4n) is 3.26. The standard InChI is InChI=1S/C27H28BrN3O3S/c1-18(2)17-34-24-14-13-20(15-22(24)28)25(32)30-27(35)29-23-12-8-7-11-21(23)26(33)31(3)16-19-9-5-4-6-10-19/h4-15,18H,16-17H2,1-3H3,(H2,29,30,32,35). The Morgan fingerprint density at radius 3 is 2.40 bits per heavy atom. The Morgan fingerprint density at radius 1 is 1.03 bits per heavy atom. The first-order valence-electron chi connectivity index (χ1n) is 11.2. The molecule has 2 N–H and O–H groups in total. The lowest BCUT2D eigenvalue weighted by molar-refractivity contribution is 0.0786. The van der Waals surface area contributed by atoms with Gasteiger partial charge >= 0.3 is 0 Å². The number of nitrogens with one attached hydrogen (secondary N) is 2. The van der Waals surface area contributed by atoms with Crippen LogP contribution >= 0.6 is 28.1 Å². The number of para-hydroxylation sites is 1. The number of halogens is 1. The molecule has 182 valence electrons. The lowest BCUT2D eigenvalue weighted by atomic mass is 10.1. The van der Waals surface area contributed by atoms with Gasteiger partial charge in [-0.2, -0.15) is 0 Å². The molecule has 0 radical (unpaired) electrons. The van der Waals surface area contributed by atoms with Gasteiger partial charge in [0.2, 0.25) is 0 Å². The second-order valence-electron chi connectivity index (χ2n) is 8.45. The number of anilines is 1. The van der Waals surface area contributed by atoms with Gasteiger partial charge in [0, 0.05) is 19.2 Å². The van der Waals surface area contributed by atoms with Crippen molar-refractivity contribution in [1.82, 2.24) is 10.2 Å². The molecule has 0 saturated carbocycles. The number of hydrogen-bond acceptors (Lipinski definition) is 4. The SMILES string of the molecule is CC(C)COc1ccc(C(=O)NC(=S)Nc2ccccc2C(=O)N(C)Cc2ccccc2)cc1Br. The Morgan fingerprint density at radius 2 is 1.71 bits per heavy atom. The molecule has 0 atom stereocenters. The molecule has 0 saturated heterocycles. The number of rotatable bonds is 8. The Labute approximate surface area is 219 Å². The fraction of sp³-hybridized carbons (Fsp3) is 0.222. The molecule has 0 spiro atoms. The van der Waals surface area contributed by atoms with Gasteiger partial charge in [-0.3, -0.25) is 14.9 Å². The first-order valence-corrected chi connectivity index (χ1v) is 12.4. The summed E-state index contributed by atoms with van der Waals surface area (Å²) in [5.74, 6) is 0.528. The van der Waals surface area contributed by atoms with Crippen molar-refractivity contribution >= 4 is 50.8 Å². The molecule has 3 rings (SSSR count). The van der Waals surface area contributed by atoms with E-state index in [2.05, 4.69) is 40.4 Å². The molecular weight excluding hydrogens is 526 g/mol. The second kappa shape index (κ2) is 12.5. The van der Waals surface area contributed by atoms with Crippen LogP contribution < -0.4 is 15.4 Å². The van der Waals surface area contributed by atoms with E-state index in [0.717, 1.165) is 5.56 Å². The van der Waals surface area contributed by atoms with Crippen molar-refractivity contribution in [2.45, 2.75) is 20.4 Å². The van der Waals surface area contributed by atoms with E-state index in [1.807, 2.05) is 30.3 Å². The molecule has 0 aliphatic carbocycles. The average Bonchev–Trinajstić information content (AvgIpc) is 2.83. The van der Waals surface area contributed by atoms with Gasteiger partial charge in [-0.1, -0.05) is 56.3 Å². The zero-order valence-electron chi connectivity index (χ0n) is 19.9. The number of amides is 2. The summed E-state index contributed by atoms with van der Waals surface area (Å²) >= 11 is 8.81. The molecule has 0 fully saturated rings. The van der Waals surface area contributed by atoms with E-state index in [9.17, 15) is 9.59 Å². The van der Waals surface area contributed by atoms with E-state index in [4.69, 9.17) is 17.0 Å². The predicted molar refractivity (Wildman–Crippen MR) is 147 cm³/mol. The fourth-order valence-corrected chi connectivity index (χ4v) is 3.95. The Kier molecular flexibility index (Phi) is 9.39. The van der Waals surface area contributed by atoms with Crippen molar-refractivity contribution in [1.29, 1.82) is 0 Å². The zero-order chi connectivity index (χ0) is 25.4. The minimum Gasteiger partial charge on any atom is -0.492 e. The smallest absolute Gasteiger partial charge is 0.257 e. The molecule has 0 bridgehead atoms. The summed E-state index contributed by atoms with van der Waals surface area (Å²) in [6.45, 7) is 5.19. The van der Waals surface area contributed by atoms with Crippen LogP contribution in [0.25, 0.3) is 0 Å². The summed E-state index contributed by atoms with van der Waals surface area (Å²) in [6, 6.07) is 21.9. The van der Waals surface area contributed by atoms with E-state index in [1.54, 1.807) is 54.4 Å². The van der Waals surface area contributed by atoms with Gasteiger partial charge in [-0.25, -0.2) is 0 Å². The zero-order valence-corrected chi connectivity index (χ0v) is 22.3. The van der Waals surface area contributed by atoms with Gasteiger partial charge < -0.3 is 15.0 Å². The summed E-state index contributed by atoms with van der Waals surface area (Å²) in [4.78, 5) is 27.5. The van der Waals surface area contributed by atoms with Crippen molar-refractivity contribution in [3.63, 3.8) is 0 Å². The van der Waals surface area contributed by atoms with E-state index in [-0.39, 0.29) is 16.9 Å². The Balaban J connectivity index is 1.65. The molecule has 3 aromatic rings. The van der Waals surface area contributed by atoms with Crippen LogP contribution in [0.15, 0.2) is 77.3 Å². The normalized spacial score (nSPS) is 10.5. The van der Waals surface area contributed by atoms with Crippen LogP contribution in [0.3, 0.4) is 0 Å². The monoisotopic (exact) mass is 553 g/mol. The summed E-state index contributed by atoms with van der Waals surface area (Å²) in [5.41, 5.74) is 2.42. The van der Waals surface area contributed by atoms with Crippen LogP contribution in [0.5, 0.6) is 5.75 Å². The summed E-state index contributed by atoms with van der Waals surface area (Å²) in [6.07, 6.45) is 0. The van der Waals surface area contributed by atoms with Crippen molar-refractivity contribution in [2.24, 2.45) is 5.92 Å². The average molecular weight is 555 g/mol. The van der Waals surface area contributed by atoms with Gasteiger partial charge in [0.1, 0.15) is 5.75 Å². The van der Waals surface area contributed by atoms with E-state index < -0.39 is 0 Å². The minimum atomic E-state index is -0.372. The quantitative estimate of drug-likeness (QED) is 0.340. The number of carbonyl (C=O) groups is 2. The van der Waals surface area contributed by atoms with Crippen LogP contribution in [0, 0.1) is 5.92 Å². The molecule has 0 heterocycles. The van der Waals surface area contributed by atoms with Crippen molar-refractivity contribution < 1.29 is 14.3 Å². The topological polar surface area (TPSA) is 70.7 Å². The van der Waals surface area contributed by atoms with Crippen molar-refractivity contribution in [2.75, 3.05) is 19.0 Å². The number of carbonyl (C=O) groups excluding carboxylic acids is 2. The molecule has 6 nitrogen and oxygen atoms in total. The van der Waals surface area contributed by atoms with Crippen molar-refractivity contribution in [3.05, 3.63) is 94.0 Å². The Hall–Kier alpha value is -3.23. The molecule has 0 aromatic heterocycles. The van der Waals surface area contributed by atoms with Crippen LogP contribution in [0.1, 0.15) is 40.1 Å². The number of hydrogen-bond donors (Lipinski definition) is 2. The number of benzene rings is 3. The van der Waals surface area contributed by atoms with Crippen LogP contribution in [0.2, 0.25) is 0 Å². The van der Waals surface area contributed by atoms with Gasteiger partial charge in [0.15, 0.2) is 5.11 Å². The molecule has 3 aromatic carbocycles. The molecular formula is C27H28BrN3O3S. The highest BCUT2D eigenvalue weighted by Crippen LogP contribution is 2.26. The minimum absolute atomic E-state index is 0.0946. The third-order valence-electron chi connectivity index (χ3n) is 5.01. The van der Waals surface area contributed by atoms with Gasteiger partial charge in [0.25, 0.3) is 11.8 Å². The Bertz CT molecular complexity index is 1200. The maximum absolute atomic E-state index is 13.1. The van der Waals surface area contributed by atoms with Gasteiger partial charge in [0.05, 0.1) is 22.3 Å². The first-order chi connectivity index (χ1) is 16.7. The highest BCUT2D eigenvalue weighted by Gasteiger charge is 2.17. The third-order valence-corrected chi connectivity index (χ3v) is 5.83. The largest absolute Gasteiger partial charge is 0.492 e. The van der Waals surface area contributed by atoms with Crippen LogP contribution in [-0.2, 0) is 6.54 Å². The maximum Gasteiger partial charge on any atom is 0.257 e. The van der Waals surface area contributed by atoms with Gasteiger partial charge in [-0.15, -0.1) is 0 Å². The number of nitrogens with zero attached hydrogens (tertiary/aromatic N) is 1. The highest BCUT2D eigenvalue weighted by molar-refractivity contribution is 9.10. The highest BCUT2D eigenvalue weighted by atomic mass is 79.9. The molecule has 8 heteroatoms. The lowest BCUT2D eigenvalue weighted by Gasteiger charge is -2.20. The molecule has 35 heavy (non-hydrogen) atoms. The van der Waals surface area contributed by atoms with Crippen LogP contribution in [-0.4, -0.2) is 35.5 Å². The van der Waals surface area contributed by atoms with E-state index in [1.165, 1.54) is 0 Å². The number of thiocarbonyl (C=S) groups is 1. The van der Waals surface area contributed by atoms with Crippen LogP contribution in [0.4, 0.5) is 5.69 Å². The summed E-state index contributed by atoms with van der Waals surface area (Å²) < 4.78 is 6.42. The predicted octanol–water partition coefficient (Wildman–Crippen LogP) is 5.88.